The van der Waals surface area contributed by atoms with Crippen LogP contribution < -0.4 is 15.5 Å². The van der Waals surface area contributed by atoms with Crippen molar-refractivity contribution >= 4 is 46.2 Å². The summed E-state index contributed by atoms with van der Waals surface area (Å²) in [5.74, 6) is -0.691. The molecular weight excluding hydrogens is 448 g/mol. The number of hydrogen-bond acceptors (Lipinski definition) is 4. The molecule has 0 bridgehead atoms. The number of halogens is 1. The second-order valence-electron chi connectivity index (χ2n) is 8.16. The first kappa shape index (κ1) is 23.7. The summed E-state index contributed by atoms with van der Waals surface area (Å²) in [6, 6.07) is 22.7. The molecule has 174 valence electrons. The number of carbonyl (C=O) groups is 2. The lowest BCUT2D eigenvalue weighted by molar-refractivity contribution is -0.117. The van der Waals surface area contributed by atoms with Crippen LogP contribution in [0.15, 0.2) is 77.8 Å². The van der Waals surface area contributed by atoms with E-state index in [-0.39, 0.29) is 11.8 Å². The number of aliphatic imine (C=N–C) groups is 1. The SMILES string of the molecule is CNCCCN(C(C)=O)c1ccc(N=C(c2ccccc2)C2C(=O)Nc3cc(Cl)ccc32)cc1. The summed E-state index contributed by atoms with van der Waals surface area (Å²) in [4.78, 5) is 31.8. The van der Waals surface area contributed by atoms with Gasteiger partial charge in [0.15, 0.2) is 0 Å². The minimum absolute atomic E-state index is 0.00442. The van der Waals surface area contributed by atoms with Crippen molar-refractivity contribution in [3.63, 3.8) is 0 Å². The van der Waals surface area contributed by atoms with Crippen molar-refractivity contribution in [3.05, 3.63) is 88.9 Å². The van der Waals surface area contributed by atoms with Gasteiger partial charge in [0, 0.05) is 29.9 Å². The minimum atomic E-state index is -0.551. The fourth-order valence-corrected chi connectivity index (χ4v) is 4.31. The van der Waals surface area contributed by atoms with Crippen LogP contribution in [-0.4, -0.2) is 37.7 Å². The van der Waals surface area contributed by atoms with Crippen LogP contribution in [0.2, 0.25) is 5.02 Å². The zero-order valence-corrected chi connectivity index (χ0v) is 20.0. The van der Waals surface area contributed by atoms with Gasteiger partial charge in [-0.25, -0.2) is 0 Å². The molecule has 3 aromatic rings. The van der Waals surface area contributed by atoms with E-state index in [1.54, 1.807) is 24.0 Å². The molecule has 0 aliphatic carbocycles. The van der Waals surface area contributed by atoms with Gasteiger partial charge in [-0.15, -0.1) is 0 Å². The smallest absolute Gasteiger partial charge is 0.238 e. The molecule has 1 aliphatic rings. The Kier molecular flexibility index (Phi) is 7.40. The molecule has 2 N–H and O–H groups in total. The zero-order chi connectivity index (χ0) is 24.1. The fraction of sp³-hybridized carbons (Fsp3) is 0.222. The van der Waals surface area contributed by atoms with Crippen molar-refractivity contribution in [1.82, 2.24) is 5.32 Å². The molecule has 4 rings (SSSR count). The summed E-state index contributed by atoms with van der Waals surface area (Å²) in [6.45, 7) is 3.04. The average molecular weight is 475 g/mol. The molecule has 7 heteroatoms. The van der Waals surface area contributed by atoms with Gasteiger partial charge in [-0.2, -0.15) is 0 Å². The molecule has 1 aliphatic heterocycles. The van der Waals surface area contributed by atoms with E-state index >= 15 is 0 Å². The van der Waals surface area contributed by atoms with Gasteiger partial charge in [-0.1, -0.05) is 48.0 Å². The van der Waals surface area contributed by atoms with E-state index in [0.717, 1.165) is 29.8 Å². The van der Waals surface area contributed by atoms with Crippen molar-refractivity contribution in [1.29, 1.82) is 0 Å². The fourth-order valence-electron chi connectivity index (χ4n) is 4.14. The van der Waals surface area contributed by atoms with Crippen LogP contribution >= 0.6 is 11.6 Å². The molecule has 1 heterocycles. The third-order valence-electron chi connectivity index (χ3n) is 5.79. The van der Waals surface area contributed by atoms with Crippen LogP contribution in [0.4, 0.5) is 17.1 Å². The Morgan fingerprint density at radius 2 is 1.82 bits per heavy atom. The van der Waals surface area contributed by atoms with Crippen LogP contribution in [-0.2, 0) is 9.59 Å². The molecule has 0 aromatic heterocycles. The number of amides is 2. The van der Waals surface area contributed by atoms with E-state index in [9.17, 15) is 9.59 Å². The number of hydrogen-bond donors (Lipinski definition) is 2. The molecule has 1 atom stereocenters. The molecule has 0 radical (unpaired) electrons. The van der Waals surface area contributed by atoms with Crippen LogP contribution in [0.3, 0.4) is 0 Å². The average Bonchev–Trinajstić information content (AvgIpc) is 3.15. The Bertz CT molecular complexity index is 1210. The van der Waals surface area contributed by atoms with Gasteiger partial charge in [0.25, 0.3) is 0 Å². The molecule has 0 fully saturated rings. The summed E-state index contributed by atoms with van der Waals surface area (Å²) in [7, 11) is 1.90. The third-order valence-corrected chi connectivity index (χ3v) is 6.02. The summed E-state index contributed by atoms with van der Waals surface area (Å²) >= 11 is 6.13. The molecular formula is C27H27ClN4O2. The molecule has 0 saturated carbocycles. The Morgan fingerprint density at radius 1 is 1.09 bits per heavy atom. The van der Waals surface area contributed by atoms with E-state index in [2.05, 4.69) is 10.6 Å². The van der Waals surface area contributed by atoms with Gasteiger partial charge < -0.3 is 15.5 Å². The number of nitrogens with one attached hydrogen (secondary N) is 2. The second-order valence-corrected chi connectivity index (χ2v) is 8.60. The van der Waals surface area contributed by atoms with Crippen molar-refractivity contribution in [2.45, 2.75) is 19.3 Å². The lowest BCUT2D eigenvalue weighted by Gasteiger charge is -2.21. The highest BCUT2D eigenvalue weighted by molar-refractivity contribution is 6.31. The lowest BCUT2D eigenvalue weighted by atomic mass is 9.90. The van der Waals surface area contributed by atoms with Crippen LogP contribution in [0.1, 0.15) is 30.4 Å². The van der Waals surface area contributed by atoms with Crippen LogP contribution in [0.5, 0.6) is 0 Å². The first-order valence-electron chi connectivity index (χ1n) is 11.2. The molecule has 3 aromatic carbocycles. The lowest BCUT2D eigenvalue weighted by Crippen LogP contribution is -2.31. The standard InChI is InChI=1S/C27H27ClN4O2/c1-18(33)32(16-6-15-29-2)22-12-10-21(11-13-22)30-26(19-7-4-3-5-8-19)25-23-14-9-20(28)17-24(23)31-27(25)34/h3-5,7-14,17,25,29H,6,15-16H2,1-2H3,(H,31,34). The van der Waals surface area contributed by atoms with E-state index in [1.807, 2.05) is 67.7 Å². The highest BCUT2D eigenvalue weighted by atomic mass is 35.5. The van der Waals surface area contributed by atoms with E-state index in [4.69, 9.17) is 16.6 Å². The van der Waals surface area contributed by atoms with Crippen molar-refractivity contribution < 1.29 is 9.59 Å². The molecule has 0 saturated heterocycles. The number of anilines is 2. The quantitative estimate of drug-likeness (QED) is 0.350. The maximum Gasteiger partial charge on any atom is 0.238 e. The highest BCUT2D eigenvalue weighted by Gasteiger charge is 2.35. The normalized spacial score (nSPS) is 15.1. The van der Waals surface area contributed by atoms with E-state index in [1.165, 1.54) is 0 Å². The molecule has 2 amide bonds. The summed E-state index contributed by atoms with van der Waals surface area (Å²) < 4.78 is 0. The topological polar surface area (TPSA) is 73.8 Å². The van der Waals surface area contributed by atoms with Crippen molar-refractivity contribution in [2.24, 2.45) is 4.99 Å². The predicted octanol–water partition coefficient (Wildman–Crippen LogP) is 5.16. The molecule has 1 unspecified atom stereocenters. The molecule has 6 nitrogen and oxygen atoms in total. The van der Waals surface area contributed by atoms with Gasteiger partial charge in [-0.05, 0) is 67.5 Å². The molecule has 0 spiro atoms. The monoisotopic (exact) mass is 474 g/mol. The number of benzene rings is 3. The van der Waals surface area contributed by atoms with Gasteiger partial charge in [0.2, 0.25) is 11.8 Å². The number of nitrogens with zero attached hydrogens (tertiary/aromatic N) is 2. The maximum atomic E-state index is 13.0. The van der Waals surface area contributed by atoms with Gasteiger partial charge in [0.05, 0.1) is 11.4 Å². The summed E-state index contributed by atoms with van der Waals surface area (Å²) in [5, 5.41) is 6.60. The number of carbonyl (C=O) groups excluding carboxylic acids is 2. The van der Waals surface area contributed by atoms with Gasteiger partial charge >= 0.3 is 0 Å². The summed E-state index contributed by atoms with van der Waals surface area (Å²) in [6.07, 6.45) is 0.856. The van der Waals surface area contributed by atoms with Crippen molar-refractivity contribution in [3.8, 4) is 0 Å². The van der Waals surface area contributed by atoms with Crippen LogP contribution in [0, 0.1) is 0 Å². The van der Waals surface area contributed by atoms with E-state index in [0.29, 0.717) is 28.7 Å². The Labute approximate surface area is 204 Å². The Morgan fingerprint density at radius 3 is 2.50 bits per heavy atom. The zero-order valence-electron chi connectivity index (χ0n) is 19.2. The largest absolute Gasteiger partial charge is 0.325 e. The maximum absolute atomic E-state index is 13.0. The highest BCUT2D eigenvalue weighted by Crippen LogP contribution is 2.37. The Hall–Kier alpha value is -3.48. The predicted molar refractivity (Wildman–Crippen MR) is 138 cm³/mol. The third kappa shape index (κ3) is 5.19. The minimum Gasteiger partial charge on any atom is -0.325 e. The first-order valence-corrected chi connectivity index (χ1v) is 11.6. The summed E-state index contributed by atoms with van der Waals surface area (Å²) in [5.41, 5.74) is 4.61. The van der Waals surface area contributed by atoms with Gasteiger partial charge in [0.1, 0.15) is 5.92 Å². The first-order chi connectivity index (χ1) is 16.5. The second kappa shape index (κ2) is 10.6. The van der Waals surface area contributed by atoms with Gasteiger partial charge in [-0.3, -0.25) is 14.6 Å². The number of rotatable bonds is 8. The molecule has 34 heavy (non-hydrogen) atoms. The van der Waals surface area contributed by atoms with Crippen LogP contribution in [0.25, 0.3) is 0 Å². The van der Waals surface area contributed by atoms with E-state index < -0.39 is 5.92 Å². The number of fused-ring (bicyclic) bond motifs is 1. The van der Waals surface area contributed by atoms with Crippen molar-refractivity contribution in [2.75, 3.05) is 30.4 Å². The Balaban J connectivity index is 1.70.